The van der Waals surface area contributed by atoms with Crippen LogP contribution in [-0.2, 0) is 10.0 Å². The van der Waals surface area contributed by atoms with Crippen LogP contribution in [0.3, 0.4) is 0 Å². The van der Waals surface area contributed by atoms with Crippen LogP contribution < -0.4 is 9.46 Å². The zero-order chi connectivity index (χ0) is 13.8. The summed E-state index contributed by atoms with van der Waals surface area (Å²) in [5.41, 5.74) is 0. The van der Waals surface area contributed by atoms with Gasteiger partial charge >= 0.3 is 0 Å². The number of benzene rings is 1. The molecule has 1 aromatic carbocycles. The highest BCUT2D eigenvalue weighted by molar-refractivity contribution is 9.10. The molecule has 0 unspecified atom stereocenters. The molecule has 0 aliphatic carbocycles. The molecule has 1 aromatic rings. The third kappa shape index (κ3) is 3.66. The first-order chi connectivity index (χ1) is 8.44. The van der Waals surface area contributed by atoms with Crippen molar-refractivity contribution < 1.29 is 23.4 Å². The minimum atomic E-state index is -3.79. The Bertz CT molecular complexity index is 501. The molecule has 1 rings (SSSR count). The Labute approximate surface area is 114 Å². The predicted octanol–water partition coefficient (Wildman–Crippen LogP) is 0.0892. The lowest BCUT2D eigenvalue weighted by molar-refractivity contribution is 0.185. The van der Waals surface area contributed by atoms with E-state index in [4.69, 9.17) is 14.9 Å². The summed E-state index contributed by atoms with van der Waals surface area (Å²) in [6.07, 6.45) is 0. The molecule has 0 aromatic heterocycles. The lowest BCUT2D eigenvalue weighted by Crippen LogP contribution is -2.39. The Morgan fingerprint density at radius 2 is 2.00 bits per heavy atom. The van der Waals surface area contributed by atoms with E-state index in [-0.39, 0.29) is 4.90 Å². The molecule has 0 amide bonds. The molecular weight excluding hydrogens is 326 g/mol. The maximum absolute atomic E-state index is 11.9. The first-order valence-corrected chi connectivity index (χ1v) is 7.29. The summed E-state index contributed by atoms with van der Waals surface area (Å²) >= 11 is 3.18. The lowest BCUT2D eigenvalue weighted by Gasteiger charge is -2.14. The van der Waals surface area contributed by atoms with Gasteiger partial charge in [0.05, 0.1) is 35.7 Å². The maximum Gasteiger partial charge on any atom is 0.241 e. The van der Waals surface area contributed by atoms with Crippen molar-refractivity contribution in [1.29, 1.82) is 0 Å². The van der Waals surface area contributed by atoms with E-state index < -0.39 is 29.3 Å². The number of rotatable bonds is 6. The number of sulfonamides is 1. The number of hydrogen-bond donors (Lipinski definition) is 3. The van der Waals surface area contributed by atoms with Gasteiger partial charge in [-0.1, -0.05) is 0 Å². The van der Waals surface area contributed by atoms with Crippen LogP contribution in [-0.4, -0.2) is 45.0 Å². The zero-order valence-corrected chi connectivity index (χ0v) is 12.0. The highest BCUT2D eigenvalue weighted by Gasteiger charge is 2.20. The van der Waals surface area contributed by atoms with E-state index in [1.165, 1.54) is 25.3 Å². The van der Waals surface area contributed by atoms with Crippen molar-refractivity contribution in [1.82, 2.24) is 4.72 Å². The monoisotopic (exact) mass is 339 g/mol. The van der Waals surface area contributed by atoms with Gasteiger partial charge in [-0.05, 0) is 34.1 Å². The minimum absolute atomic E-state index is 0.0158. The number of ether oxygens (including phenoxy) is 1. The number of aliphatic hydroxyl groups excluding tert-OH is 2. The zero-order valence-electron chi connectivity index (χ0n) is 9.63. The van der Waals surface area contributed by atoms with Crippen LogP contribution in [0.15, 0.2) is 27.6 Å². The molecule has 0 aliphatic heterocycles. The fraction of sp³-hybridized carbons (Fsp3) is 0.400. The Hall–Kier alpha value is -0.670. The molecule has 8 heteroatoms. The van der Waals surface area contributed by atoms with Gasteiger partial charge in [0.2, 0.25) is 10.0 Å². The number of aliphatic hydroxyl groups is 2. The van der Waals surface area contributed by atoms with Gasteiger partial charge in [0, 0.05) is 0 Å². The van der Waals surface area contributed by atoms with E-state index in [0.29, 0.717) is 10.2 Å². The van der Waals surface area contributed by atoms with Crippen molar-refractivity contribution in [3.8, 4) is 5.75 Å². The average Bonchev–Trinajstić information content (AvgIpc) is 2.35. The summed E-state index contributed by atoms with van der Waals surface area (Å²) in [6, 6.07) is 3.34. The van der Waals surface area contributed by atoms with Gasteiger partial charge in [-0.25, -0.2) is 13.1 Å². The number of hydrogen-bond acceptors (Lipinski definition) is 5. The van der Waals surface area contributed by atoms with E-state index >= 15 is 0 Å². The largest absolute Gasteiger partial charge is 0.496 e. The third-order valence-corrected chi connectivity index (χ3v) is 4.33. The predicted molar refractivity (Wildman–Crippen MR) is 69.0 cm³/mol. The summed E-state index contributed by atoms with van der Waals surface area (Å²) in [5.74, 6) is 0.509. The molecule has 0 aliphatic rings. The Morgan fingerprint density at radius 3 is 2.44 bits per heavy atom. The highest BCUT2D eigenvalue weighted by Crippen LogP contribution is 2.27. The summed E-state index contributed by atoms with van der Waals surface area (Å²) in [5, 5.41) is 17.7. The van der Waals surface area contributed by atoms with Gasteiger partial charge in [0.1, 0.15) is 5.75 Å². The van der Waals surface area contributed by atoms with Crippen molar-refractivity contribution >= 4 is 26.0 Å². The van der Waals surface area contributed by atoms with Crippen LogP contribution in [0.4, 0.5) is 0 Å². The van der Waals surface area contributed by atoms with E-state index in [0.717, 1.165) is 0 Å². The van der Waals surface area contributed by atoms with Gasteiger partial charge in [-0.3, -0.25) is 0 Å². The van der Waals surface area contributed by atoms with E-state index in [2.05, 4.69) is 20.7 Å². The van der Waals surface area contributed by atoms with Gasteiger partial charge in [-0.15, -0.1) is 0 Å². The van der Waals surface area contributed by atoms with Crippen LogP contribution in [0.25, 0.3) is 0 Å². The molecule has 0 heterocycles. The van der Waals surface area contributed by atoms with Crippen molar-refractivity contribution in [2.24, 2.45) is 0 Å². The summed E-state index contributed by atoms with van der Waals surface area (Å²) < 4.78 is 31.5. The average molecular weight is 340 g/mol. The minimum Gasteiger partial charge on any atom is -0.496 e. The quantitative estimate of drug-likeness (QED) is 0.682. The summed E-state index contributed by atoms with van der Waals surface area (Å²) in [4.78, 5) is 0.0158. The van der Waals surface area contributed by atoms with Gasteiger partial charge < -0.3 is 14.9 Å². The molecule has 18 heavy (non-hydrogen) atoms. The molecule has 0 bridgehead atoms. The van der Waals surface area contributed by atoms with Crippen LogP contribution in [0, 0.1) is 0 Å². The molecule has 0 fully saturated rings. The Kier molecular flexibility index (Phi) is 5.54. The van der Waals surface area contributed by atoms with Crippen molar-refractivity contribution in [2.45, 2.75) is 10.9 Å². The van der Waals surface area contributed by atoms with Gasteiger partial charge in [0.25, 0.3) is 0 Å². The van der Waals surface area contributed by atoms with Crippen molar-refractivity contribution in [3.63, 3.8) is 0 Å². The molecule has 0 radical (unpaired) electrons. The fourth-order valence-electron chi connectivity index (χ4n) is 1.23. The molecule has 0 saturated carbocycles. The van der Waals surface area contributed by atoms with Crippen LogP contribution in [0.1, 0.15) is 0 Å². The Balaban J connectivity index is 3.02. The standard InChI is InChI=1S/C10H14BrNO5S/c1-17-10-3-2-8(4-9(10)11)18(15,16)12-7(5-13)6-14/h2-4,7,12-14H,5-6H2,1H3. The molecule has 6 nitrogen and oxygen atoms in total. The summed E-state index contributed by atoms with van der Waals surface area (Å²) in [7, 11) is -2.31. The van der Waals surface area contributed by atoms with Gasteiger partial charge in [0.15, 0.2) is 0 Å². The number of nitrogens with one attached hydrogen (secondary N) is 1. The normalized spacial score (nSPS) is 11.8. The smallest absolute Gasteiger partial charge is 0.241 e. The molecule has 102 valence electrons. The second-order valence-corrected chi connectivity index (χ2v) is 6.05. The first kappa shape index (κ1) is 15.4. The number of methoxy groups -OCH3 is 1. The van der Waals surface area contributed by atoms with Crippen molar-refractivity contribution in [2.75, 3.05) is 20.3 Å². The van der Waals surface area contributed by atoms with Crippen molar-refractivity contribution in [3.05, 3.63) is 22.7 Å². The first-order valence-electron chi connectivity index (χ1n) is 5.02. The molecular formula is C10H14BrNO5S. The Morgan fingerprint density at radius 1 is 1.39 bits per heavy atom. The highest BCUT2D eigenvalue weighted by atomic mass is 79.9. The second kappa shape index (κ2) is 6.48. The molecule has 0 spiro atoms. The van der Waals surface area contributed by atoms with Crippen LogP contribution in [0.2, 0.25) is 0 Å². The third-order valence-electron chi connectivity index (χ3n) is 2.20. The second-order valence-electron chi connectivity index (χ2n) is 3.48. The van der Waals surface area contributed by atoms with E-state index in [9.17, 15) is 8.42 Å². The topological polar surface area (TPSA) is 95.9 Å². The molecule has 3 N–H and O–H groups in total. The van der Waals surface area contributed by atoms with Crippen LogP contribution >= 0.6 is 15.9 Å². The fourth-order valence-corrected chi connectivity index (χ4v) is 3.17. The van der Waals surface area contributed by atoms with Gasteiger partial charge in [-0.2, -0.15) is 0 Å². The molecule has 0 saturated heterocycles. The van der Waals surface area contributed by atoms with E-state index in [1.54, 1.807) is 0 Å². The van der Waals surface area contributed by atoms with E-state index in [1.807, 2.05) is 0 Å². The maximum atomic E-state index is 11.9. The summed E-state index contributed by atoms with van der Waals surface area (Å²) in [6.45, 7) is -0.958. The SMILES string of the molecule is COc1ccc(S(=O)(=O)NC(CO)CO)cc1Br. The number of halogens is 1. The molecule has 0 atom stereocenters. The van der Waals surface area contributed by atoms with Crippen LogP contribution in [0.5, 0.6) is 5.75 Å². The lowest BCUT2D eigenvalue weighted by atomic mass is 10.3.